The molecule has 5 rings (SSSR count). The number of benzene rings is 2. The van der Waals surface area contributed by atoms with Crippen LogP contribution in [0, 0.1) is 17.0 Å². The van der Waals surface area contributed by atoms with Gasteiger partial charge >= 0.3 is 5.69 Å². The Balaban J connectivity index is 2.06. The summed E-state index contributed by atoms with van der Waals surface area (Å²) < 4.78 is 3.95. The third kappa shape index (κ3) is 2.95. The van der Waals surface area contributed by atoms with E-state index in [9.17, 15) is 19.7 Å². The molecule has 0 fully saturated rings. The zero-order valence-corrected chi connectivity index (χ0v) is 18.0. The highest BCUT2D eigenvalue weighted by atomic mass is 16.6. The molecule has 0 spiro atoms. The van der Waals surface area contributed by atoms with Crippen molar-refractivity contribution in [3.8, 4) is 16.8 Å². The van der Waals surface area contributed by atoms with Gasteiger partial charge in [0.25, 0.3) is 11.2 Å². The summed E-state index contributed by atoms with van der Waals surface area (Å²) in [6.45, 7) is 1.79. The van der Waals surface area contributed by atoms with E-state index in [1.54, 1.807) is 23.7 Å². The van der Waals surface area contributed by atoms with Crippen LogP contribution in [0.4, 0.5) is 5.69 Å². The predicted molar refractivity (Wildman–Crippen MR) is 124 cm³/mol. The second-order valence-corrected chi connectivity index (χ2v) is 7.73. The second kappa shape index (κ2) is 7.23. The van der Waals surface area contributed by atoms with Crippen molar-refractivity contribution < 1.29 is 4.92 Å². The predicted octanol–water partition coefficient (Wildman–Crippen LogP) is 2.85. The number of nitrogens with zero attached hydrogens (tertiary/aromatic N) is 6. The lowest BCUT2D eigenvalue weighted by molar-refractivity contribution is -0.384. The van der Waals surface area contributed by atoms with Crippen LogP contribution in [0.1, 0.15) is 5.69 Å². The van der Waals surface area contributed by atoms with Crippen molar-refractivity contribution in [3.63, 3.8) is 0 Å². The monoisotopic (exact) mass is 442 g/mol. The van der Waals surface area contributed by atoms with Crippen molar-refractivity contribution in [2.24, 2.45) is 14.1 Å². The zero-order chi connectivity index (χ0) is 23.4. The Morgan fingerprint density at radius 3 is 2.33 bits per heavy atom. The van der Waals surface area contributed by atoms with Gasteiger partial charge in [0, 0.05) is 31.8 Å². The molecular formula is C23H18N6O4. The fourth-order valence-electron chi connectivity index (χ4n) is 4.13. The summed E-state index contributed by atoms with van der Waals surface area (Å²) >= 11 is 0. The van der Waals surface area contributed by atoms with Gasteiger partial charge in [0.15, 0.2) is 11.3 Å². The standard InChI is InChI=1S/C23H18N6O4/c1-13-17-18(14-8-7-11-16(12-14)29(32)33)19-20(26(2)23(31)27(3)22(19)30)24-21(17)28(25-13)15-9-5-4-6-10-15/h4-12H,1-3H3. The summed E-state index contributed by atoms with van der Waals surface area (Å²) in [4.78, 5) is 41.6. The number of fused-ring (bicyclic) bond motifs is 2. The van der Waals surface area contributed by atoms with Gasteiger partial charge in [-0.2, -0.15) is 5.10 Å². The van der Waals surface area contributed by atoms with Crippen LogP contribution in [0.25, 0.3) is 38.9 Å². The minimum Gasteiger partial charge on any atom is -0.280 e. The summed E-state index contributed by atoms with van der Waals surface area (Å²) in [6.07, 6.45) is 0. The van der Waals surface area contributed by atoms with Crippen LogP contribution in [0.2, 0.25) is 0 Å². The van der Waals surface area contributed by atoms with Crippen molar-refractivity contribution in [1.82, 2.24) is 23.9 Å². The first-order valence-electron chi connectivity index (χ1n) is 10.1. The van der Waals surface area contributed by atoms with Crippen molar-refractivity contribution in [2.75, 3.05) is 0 Å². The number of nitro groups is 1. The quantitative estimate of drug-likeness (QED) is 0.313. The number of rotatable bonds is 3. The number of non-ortho nitro benzene ring substituents is 1. The summed E-state index contributed by atoms with van der Waals surface area (Å²) in [7, 11) is 2.93. The van der Waals surface area contributed by atoms with Gasteiger partial charge in [0.1, 0.15) is 0 Å². The molecule has 0 bridgehead atoms. The zero-order valence-electron chi connectivity index (χ0n) is 18.0. The molecule has 0 saturated carbocycles. The van der Waals surface area contributed by atoms with Crippen LogP contribution in [0.3, 0.4) is 0 Å². The second-order valence-electron chi connectivity index (χ2n) is 7.73. The van der Waals surface area contributed by atoms with E-state index < -0.39 is 16.2 Å². The smallest absolute Gasteiger partial charge is 0.280 e. The van der Waals surface area contributed by atoms with Gasteiger partial charge in [0.2, 0.25) is 0 Å². The lowest BCUT2D eigenvalue weighted by Crippen LogP contribution is -2.37. The largest absolute Gasteiger partial charge is 0.332 e. The Hall–Kier alpha value is -4.60. The van der Waals surface area contributed by atoms with Crippen molar-refractivity contribution >= 4 is 27.8 Å². The normalized spacial score (nSPS) is 11.4. The summed E-state index contributed by atoms with van der Waals surface area (Å²) in [5, 5.41) is 16.9. The lowest BCUT2D eigenvalue weighted by atomic mass is 9.98. The number of hydrogen-bond acceptors (Lipinski definition) is 6. The minimum atomic E-state index is -0.532. The molecule has 0 aliphatic rings. The number of pyridine rings is 1. The third-order valence-electron chi connectivity index (χ3n) is 5.73. The Morgan fingerprint density at radius 1 is 0.909 bits per heavy atom. The summed E-state index contributed by atoms with van der Waals surface area (Å²) in [6, 6.07) is 15.4. The van der Waals surface area contributed by atoms with E-state index in [2.05, 4.69) is 5.10 Å². The molecule has 164 valence electrons. The first-order valence-corrected chi connectivity index (χ1v) is 10.1. The van der Waals surface area contributed by atoms with Gasteiger partial charge in [-0.3, -0.25) is 24.0 Å². The van der Waals surface area contributed by atoms with Gasteiger partial charge < -0.3 is 0 Å². The minimum absolute atomic E-state index is 0.111. The molecule has 0 radical (unpaired) electrons. The Labute approximate surface area is 186 Å². The molecule has 0 aliphatic heterocycles. The Kier molecular flexibility index (Phi) is 4.45. The number of aromatic nitrogens is 5. The molecule has 2 aromatic carbocycles. The van der Waals surface area contributed by atoms with E-state index in [4.69, 9.17) is 4.98 Å². The fourth-order valence-corrected chi connectivity index (χ4v) is 4.13. The first-order chi connectivity index (χ1) is 15.8. The molecule has 0 saturated heterocycles. The van der Waals surface area contributed by atoms with Gasteiger partial charge in [-0.25, -0.2) is 14.5 Å². The SMILES string of the molecule is Cc1nn(-c2ccccc2)c2nc3c(c(-c4cccc([N+](=O)[O-])c4)c12)c(=O)n(C)c(=O)n3C. The van der Waals surface area contributed by atoms with Gasteiger partial charge in [0.05, 0.1) is 27.1 Å². The highest BCUT2D eigenvalue weighted by molar-refractivity contribution is 6.09. The molecule has 3 heterocycles. The van der Waals surface area contributed by atoms with Crippen LogP contribution in [0.5, 0.6) is 0 Å². The average Bonchev–Trinajstić information content (AvgIpc) is 3.16. The number of para-hydroxylation sites is 1. The molecule has 0 atom stereocenters. The third-order valence-corrected chi connectivity index (χ3v) is 5.73. The highest BCUT2D eigenvalue weighted by Crippen LogP contribution is 2.36. The number of nitro benzene ring substituents is 1. The molecule has 10 heteroatoms. The lowest BCUT2D eigenvalue weighted by Gasteiger charge is -2.13. The van der Waals surface area contributed by atoms with Crippen molar-refractivity contribution in [3.05, 3.63) is 91.2 Å². The van der Waals surface area contributed by atoms with E-state index in [0.29, 0.717) is 27.9 Å². The molecule has 0 unspecified atom stereocenters. The van der Waals surface area contributed by atoms with Crippen molar-refractivity contribution in [1.29, 1.82) is 0 Å². The van der Waals surface area contributed by atoms with E-state index in [1.807, 2.05) is 30.3 Å². The molecule has 0 N–H and O–H groups in total. The first kappa shape index (κ1) is 20.3. The average molecular weight is 442 g/mol. The van der Waals surface area contributed by atoms with Crippen molar-refractivity contribution in [2.45, 2.75) is 6.92 Å². The van der Waals surface area contributed by atoms with E-state index in [1.165, 1.54) is 30.8 Å². The maximum atomic E-state index is 13.3. The van der Waals surface area contributed by atoms with E-state index >= 15 is 0 Å². The van der Waals surface area contributed by atoms with Crippen LogP contribution >= 0.6 is 0 Å². The van der Waals surface area contributed by atoms with Crippen LogP contribution in [0.15, 0.2) is 64.2 Å². The summed E-state index contributed by atoms with van der Waals surface area (Å²) in [5.74, 6) is 0. The Bertz CT molecular complexity index is 1710. The molecule has 33 heavy (non-hydrogen) atoms. The van der Waals surface area contributed by atoms with E-state index in [0.717, 1.165) is 10.3 Å². The van der Waals surface area contributed by atoms with Gasteiger partial charge in [-0.15, -0.1) is 0 Å². The molecule has 10 nitrogen and oxygen atoms in total. The van der Waals surface area contributed by atoms with Crippen LogP contribution in [-0.2, 0) is 14.1 Å². The number of hydrogen-bond donors (Lipinski definition) is 0. The maximum Gasteiger partial charge on any atom is 0.332 e. The number of aryl methyl sites for hydroxylation is 2. The topological polar surface area (TPSA) is 118 Å². The molecular weight excluding hydrogens is 424 g/mol. The van der Waals surface area contributed by atoms with Gasteiger partial charge in [-0.1, -0.05) is 30.3 Å². The van der Waals surface area contributed by atoms with Crippen LogP contribution < -0.4 is 11.2 Å². The molecule has 5 aromatic rings. The van der Waals surface area contributed by atoms with E-state index in [-0.39, 0.29) is 16.7 Å². The highest BCUT2D eigenvalue weighted by Gasteiger charge is 2.24. The summed E-state index contributed by atoms with van der Waals surface area (Å²) in [5.41, 5.74) is 1.72. The fraction of sp³-hybridized carbons (Fsp3) is 0.130. The maximum absolute atomic E-state index is 13.3. The van der Waals surface area contributed by atoms with Gasteiger partial charge in [-0.05, 0) is 24.6 Å². The Morgan fingerprint density at radius 2 is 1.64 bits per heavy atom. The molecule has 0 aliphatic carbocycles. The molecule has 3 aromatic heterocycles. The van der Waals surface area contributed by atoms with Crippen LogP contribution in [-0.4, -0.2) is 28.8 Å². The molecule has 0 amide bonds.